The lowest BCUT2D eigenvalue weighted by Gasteiger charge is -2.24. The molecule has 1 aliphatic carbocycles. The van der Waals surface area contributed by atoms with Crippen molar-refractivity contribution < 1.29 is 0 Å². The molecule has 4 nitrogen and oxygen atoms in total. The van der Waals surface area contributed by atoms with Crippen molar-refractivity contribution in [1.29, 1.82) is 0 Å². The predicted molar refractivity (Wildman–Crippen MR) is 150 cm³/mol. The molecule has 2 aromatic heterocycles. The van der Waals surface area contributed by atoms with Crippen molar-refractivity contribution in [3.05, 3.63) is 88.9 Å². The van der Waals surface area contributed by atoms with Crippen LogP contribution in [0.2, 0.25) is 0 Å². The number of likely N-dealkylation sites (N-methyl/N-ethyl adjacent to an activating group) is 1. The summed E-state index contributed by atoms with van der Waals surface area (Å²) in [6, 6.07) is 9.58. The van der Waals surface area contributed by atoms with Gasteiger partial charge in [0.1, 0.15) is 0 Å². The van der Waals surface area contributed by atoms with Gasteiger partial charge >= 0.3 is 0 Å². The van der Waals surface area contributed by atoms with Gasteiger partial charge in [0.05, 0.1) is 5.42 Å². The van der Waals surface area contributed by atoms with Crippen molar-refractivity contribution >= 4 is 31.1 Å². The lowest BCUT2D eigenvalue weighted by atomic mass is 9.97. The highest BCUT2D eigenvalue weighted by atomic mass is 31.0. The van der Waals surface area contributed by atoms with E-state index in [1.807, 2.05) is 37.3 Å². The van der Waals surface area contributed by atoms with Gasteiger partial charge in [0.25, 0.3) is 0 Å². The van der Waals surface area contributed by atoms with E-state index >= 15 is 0 Å². The van der Waals surface area contributed by atoms with Gasteiger partial charge in [0.15, 0.2) is 0 Å². The van der Waals surface area contributed by atoms with Crippen molar-refractivity contribution in [1.82, 2.24) is 14.5 Å². The SMILES string of the molecule is C=CC(=C(C)C)C(C(=P)N(C)c1ncc(C)cn1)=C(C)C.Cc1cccc2c1ccn2C1CC1. The summed E-state index contributed by atoms with van der Waals surface area (Å²) in [4.78, 5) is 10.7. The molecular formula is C29H37N4P. The minimum atomic E-state index is 0.654. The molecule has 0 saturated heterocycles. The van der Waals surface area contributed by atoms with Crippen molar-refractivity contribution in [3.63, 3.8) is 0 Å². The molecule has 0 spiro atoms. The van der Waals surface area contributed by atoms with Crippen LogP contribution in [-0.2, 0) is 0 Å². The third-order valence-corrected chi connectivity index (χ3v) is 6.66. The molecule has 0 unspecified atom stereocenters. The highest BCUT2D eigenvalue weighted by Crippen LogP contribution is 2.38. The van der Waals surface area contributed by atoms with Crippen LogP contribution >= 0.6 is 8.86 Å². The van der Waals surface area contributed by atoms with Crippen molar-refractivity contribution in [2.75, 3.05) is 11.9 Å². The molecular weight excluding hydrogens is 435 g/mol. The Bertz CT molecular complexity index is 1250. The largest absolute Gasteiger partial charge is 0.344 e. The van der Waals surface area contributed by atoms with Crippen LogP contribution in [0.25, 0.3) is 10.9 Å². The number of allylic oxidation sites excluding steroid dienone is 3. The quantitative estimate of drug-likeness (QED) is 0.273. The third-order valence-electron chi connectivity index (χ3n) is 6.07. The van der Waals surface area contributed by atoms with E-state index in [0.717, 1.165) is 28.2 Å². The van der Waals surface area contributed by atoms with E-state index in [4.69, 9.17) is 0 Å². The van der Waals surface area contributed by atoms with E-state index < -0.39 is 0 Å². The van der Waals surface area contributed by atoms with Gasteiger partial charge in [-0.05, 0) is 83.2 Å². The second-order valence-corrected chi connectivity index (χ2v) is 9.90. The summed E-state index contributed by atoms with van der Waals surface area (Å²) in [5.41, 5.74) is 9.42. The summed E-state index contributed by atoms with van der Waals surface area (Å²) in [7, 11) is 5.70. The Morgan fingerprint density at radius 3 is 2.24 bits per heavy atom. The maximum absolute atomic E-state index is 4.37. The highest BCUT2D eigenvalue weighted by molar-refractivity contribution is 7.22. The number of nitrogens with zero attached hydrogens (tertiary/aromatic N) is 4. The first-order valence-electron chi connectivity index (χ1n) is 11.8. The van der Waals surface area contributed by atoms with Gasteiger partial charge < -0.3 is 9.47 Å². The standard InChI is InChI=1S/C17H24N3P.C12H13N/c1-8-14(11(2)3)15(12(4)5)16(21)20(7)17-18-9-13(6)10-19-17;1-9-3-2-4-12-11(9)7-8-13(12)10-5-6-10/h8-10,21H,1H2,2-7H3;2-4,7-8,10H,5-6H2,1H3. The molecule has 3 aromatic rings. The van der Waals surface area contributed by atoms with Gasteiger partial charge in [-0.25, -0.2) is 9.97 Å². The van der Waals surface area contributed by atoms with Gasteiger partial charge in [-0.2, -0.15) is 0 Å². The average molecular weight is 473 g/mol. The molecule has 1 saturated carbocycles. The summed E-state index contributed by atoms with van der Waals surface area (Å²) in [5, 5.41) is 1.41. The molecule has 1 fully saturated rings. The Kier molecular flexibility index (Phi) is 8.28. The molecule has 5 heteroatoms. The Balaban J connectivity index is 0.000000210. The number of benzene rings is 1. The van der Waals surface area contributed by atoms with Crippen LogP contribution in [0.3, 0.4) is 0 Å². The van der Waals surface area contributed by atoms with E-state index in [0.29, 0.717) is 5.95 Å². The third kappa shape index (κ3) is 5.74. The maximum Gasteiger partial charge on any atom is 0.229 e. The first kappa shape index (κ1) is 25.6. The zero-order valence-corrected chi connectivity index (χ0v) is 22.6. The number of aromatic nitrogens is 3. The molecule has 0 radical (unpaired) electrons. The van der Waals surface area contributed by atoms with Crippen LogP contribution < -0.4 is 4.90 Å². The highest BCUT2D eigenvalue weighted by Gasteiger charge is 2.24. The molecule has 0 bridgehead atoms. The number of hydrogen-bond acceptors (Lipinski definition) is 2. The van der Waals surface area contributed by atoms with Gasteiger partial charge in [-0.1, -0.05) is 44.8 Å². The smallest absolute Gasteiger partial charge is 0.229 e. The van der Waals surface area contributed by atoms with Crippen LogP contribution in [0.4, 0.5) is 5.95 Å². The van der Waals surface area contributed by atoms with E-state index in [2.05, 4.69) is 95.1 Å². The summed E-state index contributed by atoms with van der Waals surface area (Å²) in [5.74, 6) is 0.654. The van der Waals surface area contributed by atoms with E-state index in [9.17, 15) is 0 Å². The number of aryl methyl sites for hydroxylation is 2. The second kappa shape index (κ2) is 11.0. The molecule has 2 heterocycles. The van der Waals surface area contributed by atoms with E-state index in [1.165, 1.54) is 40.5 Å². The molecule has 1 aromatic carbocycles. The predicted octanol–water partition coefficient (Wildman–Crippen LogP) is 7.64. The Morgan fingerprint density at radius 1 is 1.06 bits per heavy atom. The molecule has 1 aliphatic rings. The van der Waals surface area contributed by atoms with Crippen LogP contribution in [0, 0.1) is 13.8 Å². The Morgan fingerprint density at radius 2 is 1.71 bits per heavy atom. The van der Waals surface area contributed by atoms with Crippen LogP contribution in [-0.4, -0.2) is 27.0 Å². The number of hydrogen-bond donors (Lipinski definition) is 0. The summed E-state index contributed by atoms with van der Waals surface area (Å²) >= 11 is 0. The molecule has 0 amide bonds. The van der Waals surface area contributed by atoms with Gasteiger partial charge in [-0.3, -0.25) is 0 Å². The average Bonchev–Trinajstić information content (AvgIpc) is 3.55. The number of rotatable bonds is 6. The maximum atomic E-state index is 4.37. The summed E-state index contributed by atoms with van der Waals surface area (Å²) in [6.45, 7) is 16.4. The zero-order chi connectivity index (χ0) is 25.0. The Labute approximate surface area is 207 Å². The Hall–Kier alpha value is -2.97. The number of anilines is 1. The van der Waals surface area contributed by atoms with Gasteiger partial charge in [-0.15, -0.1) is 0 Å². The number of fused-ring (bicyclic) bond motifs is 1. The minimum Gasteiger partial charge on any atom is -0.344 e. The second-order valence-electron chi connectivity index (χ2n) is 9.42. The van der Waals surface area contributed by atoms with Crippen molar-refractivity contribution in [2.45, 2.75) is 60.4 Å². The zero-order valence-electron chi connectivity index (χ0n) is 21.6. The molecule has 178 valence electrons. The van der Waals surface area contributed by atoms with Crippen LogP contribution in [0.15, 0.2) is 77.8 Å². The fourth-order valence-corrected chi connectivity index (χ4v) is 4.51. The first-order valence-corrected chi connectivity index (χ1v) is 12.3. The van der Waals surface area contributed by atoms with Crippen LogP contribution in [0.1, 0.15) is 57.7 Å². The molecule has 4 rings (SSSR count). The lowest BCUT2D eigenvalue weighted by Crippen LogP contribution is -2.28. The van der Waals surface area contributed by atoms with Crippen molar-refractivity contribution in [3.8, 4) is 0 Å². The summed E-state index contributed by atoms with van der Waals surface area (Å²) < 4.78 is 2.42. The topological polar surface area (TPSA) is 34.0 Å². The van der Waals surface area contributed by atoms with Gasteiger partial charge in [0, 0.05) is 48.2 Å². The summed E-state index contributed by atoms with van der Waals surface area (Å²) in [6.07, 6.45) is 10.5. The molecule has 0 atom stereocenters. The molecule has 0 N–H and O–H groups in total. The minimum absolute atomic E-state index is 0.654. The monoisotopic (exact) mass is 472 g/mol. The first-order chi connectivity index (χ1) is 16.1. The van der Waals surface area contributed by atoms with E-state index in [1.54, 1.807) is 0 Å². The fourth-order valence-electron chi connectivity index (χ4n) is 4.03. The van der Waals surface area contributed by atoms with Crippen LogP contribution in [0.5, 0.6) is 0 Å². The van der Waals surface area contributed by atoms with Gasteiger partial charge in [0.2, 0.25) is 5.95 Å². The van der Waals surface area contributed by atoms with E-state index in [-0.39, 0.29) is 0 Å². The molecule has 34 heavy (non-hydrogen) atoms. The van der Waals surface area contributed by atoms with Crippen molar-refractivity contribution in [2.24, 2.45) is 0 Å². The molecule has 0 aliphatic heterocycles. The lowest BCUT2D eigenvalue weighted by molar-refractivity contribution is 0.776. The fraction of sp³-hybridized carbons (Fsp3) is 0.345. The normalized spacial score (nSPS) is 12.4.